The first-order chi connectivity index (χ1) is 7.84. The van der Waals surface area contributed by atoms with Gasteiger partial charge in [0, 0.05) is 17.5 Å². The van der Waals surface area contributed by atoms with Crippen molar-refractivity contribution in [3.63, 3.8) is 0 Å². The van der Waals surface area contributed by atoms with E-state index in [0.717, 1.165) is 11.4 Å². The maximum absolute atomic E-state index is 12.0. The SMILES string of the molecule is O=C(Cc1nccs1)C1Cc2ccccc21. The Morgan fingerprint density at radius 2 is 2.31 bits per heavy atom. The quantitative estimate of drug-likeness (QED) is 0.809. The Morgan fingerprint density at radius 3 is 3.06 bits per heavy atom. The van der Waals surface area contributed by atoms with Crippen LogP contribution in [0.5, 0.6) is 0 Å². The molecule has 2 nitrogen and oxygen atoms in total. The second kappa shape index (κ2) is 3.83. The molecule has 0 amide bonds. The third-order valence-corrected chi connectivity index (χ3v) is 3.83. The number of benzene rings is 1. The van der Waals surface area contributed by atoms with Crippen LogP contribution >= 0.6 is 11.3 Å². The van der Waals surface area contributed by atoms with E-state index in [2.05, 4.69) is 17.1 Å². The zero-order valence-corrected chi connectivity index (χ0v) is 9.54. The summed E-state index contributed by atoms with van der Waals surface area (Å²) >= 11 is 1.55. The Labute approximate surface area is 98.0 Å². The van der Waals surface area contributed by atoms with E-state index in [1.165, 1.54) is 11.1 Å². The van der Waals surface area contributed by atoms with Crippen LogP contribution in [0.3, 0.4) is 0 Å². The predicted octanol–water partition coefficient (Wildman–Crippen LogP) is 2.59. The molecule has 2 aromatic rings. The van der Waals surface area contributed by atoms with Crippen LogP contribution in [0.2, 0.25) is 0 Å². The fraction of sp³-hybridized carbons (Fsp3) is 0.231. The molecule has 3 rings (SSSR count). The maximum Gasteiger partial charge on any atom is 0.147 e. The second-order valence-corrected chi connectivity index (χ2v) is 5.00. The first-order valence-corrected chi connectivity index (χ1v) is 6.21. The number of ketones is 1. The normalized spacial score (nSPS) is 17.6. The van der Waals surface area contributed by atoms with Crippen LogP contribution in [-0.4, -0.2) is 10.8 Å². The van der Waals surface area contributed by atoms with Gasteiger partial charge < -0.3 is 0 Å². The van der Waals surface area contributed by atoms with Gasteiger partial charge in [-0.05, 0) is 17.5 Å². The standard InChI is InChI=1S/C13H11NOS/c15-12(8-13-14-5-6-16-13)11-7-9-3-1-2-4-10(9)11/h1-6,11H,7-8H2. The van der Waals surface area contributed by atoms with Crippen LogP contribution in [0.25, 0.3) is 0 Å². The van der Waals surface area contributed by atoms with Crippen molar-refractivity contribution in [2.45, 2.75) is 18.8 Å². The molecule has 80 valence electrons. The minimum absolute atomic E-state index is 0.111. The summed E-state index contributed by atoms with van der Waals surface area (Å²) in [6.45, 7) is 0. The summed E-state index contributed by atoms with van der Waals surface area (Å²) in [4.78, 5) is 16.2. The van der Waals surface area contributed by atoms with Gasteiger partial charge in [-0.25, -0.2) is 4.98 Å². The van der Waals surface area contributed by atoms with Crippen molar-refractivity contribution in [1.82, 2.24) is 4.98 Å². The molecule has 0 radical (unpaired) electrons. The van der Waals surface area contributed by atoms with Crippen LogP contribution in [0.15, 0.2) is 35.8 Å². The number of hydrogen-bond donors (Lipinski definition) is 0. The molecule has 16 heavy (non-hydrogen) atoms. The number of rotatable bonds is 3. The number of carbonyl (C=O) groups excluding carboxylic acids is 1. The van der Waals surface area contributed by atoms with E-state index >= 15 is 0 Å². The Kier molecular flexibility index (Phi) is 2.33. The molecule has 1 aromatic heterocycles. The largest absolute Gasteiger partial charge is 0.299 e. The molecule has 0 bridgehead atoms. The molecular formula is C13H11NOS. The van der Waals surface area contributed by atoms with Crippen molar-refractivity contribution in [3.8, 4) is 0 Å². The van der Waals surface area contributed by atoms with Gasteiger partial charge in [-0.2, -0.15) is 0 Å². The van der Waals surface area contributed by atoms with Gasteiger partial charge in [-0.3, -0.25) is 4.79 Å². The summed E-state index contributed by atoms with van der Waals surface area (Å²) in [7, 11) is 0. The van der Waals surface area contributed by atoms with Crippen molar-refractivity contribution >= 4 is 17.1 Å². The van der Waals surface area contributed by atoms with Crippen molar-refractivity contribution in [3.05, 3.63) is 52.0 Å². The lowest BCUT2D eigenvalue weighted by atomic mass is 9.74. The fourth-order valence-corrected chi connectivity index (χ4v) is 2.78. The van der Waals surface area contributed by atoms with Crippen LogP contribution in [0.1, 0.15) is 22.1 Å². The summed E-state index contributed by atoms with van der Waals surface area (Å²) in [6.07, 6.45) is 3.14. The average molecular weight is 229 g/mol. The highest BCUT2D eigenvalue weighted by molar-refractivity contribution is 7.09. The zero-order chi connectivity index (χ0) is 11.0. The fourth-order valence-electron chi connectivity index (χ4n) is 2.16. The predicted molar refractivity (Wildman–Crippen MR) is 63.7 cm³/mol. The Morgan fingerprint density at radius 1 is 1.44 bits per heavy atom. The van der Waals surface area contributed by atoms with Gasteiger partial charge in [0.25, 0.3) is 0 Å². The molecule has 0 aliphatic heterocycles. The Hall–Kier alpha value is -1.48. The van der Waals surface area contributed by atoms with Crippen LogP contribution in [-0.2, 0) is 17.6 Å². The molecular weight excluding hydrogens is 218 g/mol. The van der Waals surface area contributed by atoms with Crippen LogP contribution in [0, 0.1) is 0 Å². The van der Waals surface area contributed by atoms with Crippen molar-refractivity contribution < 1.29 is 4.79 Å². The van der Waals surface area contributed by atoms with Gasteiger partial charge in [0.05, 0.1) is 11.4 Å². The second-order valence-electron chi connectivity index (χ2n) is 4.02. The van der Waals surface area contributed by atoms with Crippen molar-refractivity contribution in [2.75, 3.05) is 0 Å². The van der Waals surface area contributed by atoms with Gasteiger partial charge in [0.1, 0.15) is 5.78 Å². The molecule has 0 saturated heterocycles. The van der Waals surface area contributed by atoms with E-state index < -0.39 is 0 Å². The molecule has 3 heteroatoms. The highest BCUT2D eigenvalue weighted by Gasteiger charge is 2.31. The summed E-state index contributed by atoms with van der Waals surface area (Å²) in [6, 6.07) is 8.19. The molecule has 0 fully saturated rings. The molecule has 0 N–H and O–H groups in total. The molecule has 0 saturated carbocycles. The number of thiazole rings is 1. The first kappa shape index (κ1) is 9.73. The van der Waals surface area contributed by atoms with Gasteiger partial charge in [-0.1, -0.05) is 24.3 Å². The lowest BCUT2D eigenvalue weighted by Gasteiger charge is -2.28. The van der Waals surface area contributed by atoms with Crippen molar-refractivity contribution in [1.29, 1.82) is 0 Å². The molecule has 1 aliphatic carbocycles. The van der Waals surface area contributed by atoms with E-state index in [4.69, 9.17) is 0 Å². The summed E-state index contributed by atoms with van der Waals surface area (Å²) in [5.41, 5.74) is 2.53. The molecule has 1 unspecified atom stereocenters. The third-order valence-electron chi connectivity index (χ3n) is 3.05. The van der Waals surface area contributed by atoms with Gasteiger partial charge in [-0.15, -0.1) is 11.3 Å². The summed E-state index contributed by atoms with van der Waals surface area (Å²) in [5.74, 6) is 0.411. The smallest absolute Gasteiger partial charge is 0.147 e. The van der Waals surface area contributed by atoms with E-state index in [9.17, 15) is 4.79 Å². The molecule has 0 spiro atoms. The minimum atomic E-state index is 0.111. The average Bonchev–Trinajstić information content (AvgIpc) is 2.72. The van der Waals surface area contributed by atoms with E-state index in [0.29, 0.717) is 12.2 Å². The van der Waals surface area contributed by atoms with Crippen molar-refractivity contribution in [2.24, 2.45) is 0 Å². The number of fused-ring (bicyclic) bond motifs is 1. The van der Waals surface area contributed by atoms with E-state index in [-0.39, 0.29) is 5.92 Å². The number of carbonyl (C=O) groups is 1. The topological polar surface area (TPSA) is 30.0 Å². The molecule has 1 aromatic carbocycles. The first-order valence-electron chi connectivity index (χ1n) is 5.33. The third kappa shape index (κ3) is 1.57. The monoisotopic (exact) mass is 229 g/mol. The van der Waals surface area contributed by atoms with Crippen LogP contribution < -0.4 is 0 Å². The lowest BCUT2D eigenvalue weighted by Crippen LogP contribution is -2.26. The molecule has 1 aliphatic rings. The lowest BCUT2D eigenvalue weighted by molar-refractivity contribution is -0.120. The summed E-state index contributed by atoms with van der Waals surface area (Å²) < 4.78 is 0. The Bertz CT molecular complexity index is 518. The van der Waals surface area contributed by atoms with Gasteiger partial charge in [0.15, 0.2) is 0 Å². The highest BCUT2D eigenvalue weighted by atomic mass is 32.1. The number of Topliss-reactive ketones (excluding diaryl/α,β-unsaturated/α-hetero) is 1. The number of hydrogen-bond acceptors (Lipinski definition) is 3. The molecule has 1 atom stereocenters. The Balaban J connectivity index is 1.75. The zero-order valence-electron chi connectivity index (χ0n) is 8.72. The summed E-state index contributed by atoms with van der Waals surface area (Å²) in [5, 5.41) is 2.84. The minimum Gasteiger partial charge on any atom is -0.299 e. The van der Waals surface area contributed by atoms with E-state index in [1.54, 1.807) is 17.5 Å². The van der Waals surface area contributed by atoms with Gasteiger partial charge in [0.2, 0.25) is 0 Å². The van der Waals surface area contributed by atoms with Crippen LogP contribution in [0.4, 0.5) is 0 Å². The van der Waals surface area contributed by atoms with E-state index in [1.807, 2.05) is 17.5 Å². The number of nitrogens with zero attached hydrogens (tertiary/aromatic N) is 1. The highest BCUT2D eigenvalue weighted by Crippen LogP contribution is 2.36. The van der Waals surface area contributed by atoms with Gasteiger partial charge >= 0.3 is 0 Å². The number of aromatic nitrogens is 1. The molecule has 1 heterocycles. The maximum atomic E-state index is 12.0.